The van der Waals surface area contributed by atoms with E-state index in [0.717, 1.165) is 12.1 Å². The first-order valence-electron chi connectivity index (χ1n) is 7.79. The summed E-state index contributed by atoms with van der Waals surface area (Å²) < 4.78 is 102. The number of halogens is 9. The van der Waals surface area contributed by atoms with Crippen LogP contribution in [-0.2, 0) is 10.8 Å². The average Bonchev–Trinajstić information content (AvgIpc) is 2.68. The van der Waals surface area contributed by atoms with Gasteiger partial charge in [0.15, 0.2) is 0 Å². The van der Waals surface area contributed by atoms with E-state index in [1.54, 1.807) is 0 Å². The number of hydrogen-bond donors (Lipinski definition) is 1. The molecule has 1 N–H and O–H groups in total. The highest BCUT2D eigenvalue weighted by molar-refractivity contribution is 9.11. The van der Waals surface area contributed by atoms with Crippen molar-refractivity contribution in [3.8, 4) is 0 Å². The first kappa shape index (κ1) is 26.2. The van der Waals surface area contributed by atoms with Crippen molar-refractivity contribution < 1.29 is 44.7 Å². The Bertz CT molecular complexity index is 1090. The van der Waals surface area contributed by atoms with E-state index < -0.39 is 49.6 Å². The van der Waals surface area contributed by atoms with Crippen LogP contribution in [0.15, 0.2) is 50.2 Å². The number of nitro groups is 1. The maximum atomic E-state index is 13.7. The van der Waals surface area contributed by atoms with Gasteiger partial charge in [0.1, 0.15) is 10.8 Å². The monoisotopic (exact) mass is 614 g/mol. The number of nitrogens with zero attached hydrogens (tertiary/aromatic N) is 1. The van der Waals surface area contributed by atoms with Crippen LogP contribution in [0, 0.1) is 10.1 Å². The molecule has 0 spiro atoms. The van der Waals surface area contributed by atoms with Crippen LogP contribution in [-0.4, -0.2) is 32.4 Å². The number of hydrogen-bond acceptors (Lipinski definition) is 4. The molecule has 1 atom stereocenters. The minimum absolute atomic E-state index is 0.179. The van der Waals surface area contributed by atoms with Gasteiger partial charge in [0.25, 0.3) is 11.6 Å². The zero-order chi connectivity index (χ0) is 24.6. The van der Waals surface area contributed by atoms with Gasteiger partial charge >= 0.3 is 17.4 Å². The predicted octanol–water partition coefficient (Wildman–Crippen LogP) is 6.27. The molecule has 2 aromatic carbocycles. The fourth-order valence-corrected chi connectivity index (χ4v) is 4.93. The lowest BCUT2D eigenvalue weighted by atomic mass is 10.2. The highest BCUT2D eigenvalue weighted by Crippen LogP contribution is 2.50. The minimum Gasteiger partial charge on any atom is -0.320 e. The largest absolute Gasteiger partial charge is 0.461 e. The van der Waals surface area contributed by atoms with Gasteiger partial charge in [-0.05, 0) is 50.1 Å². The van der Waals surface area contributed by atoms with Crippen molar-refractivity contribution in [1.82, 2.24) is 0 Å². The summed E-state index contributed by atoms with van der Waals surface area (Å²) in [5.74, 6) is -7.49. The van der Waals surface area contributed by atoms with Gasteiger partial charge in [-0.1, -0.05) is 6.07 Å². The van der Waals surface area contributed by atoms with Gasteiger partial charge in [0.2, 0.25) is 0 Å². The number of benzene rings is 2. The highest BCUT2D eigenvalue weighted by atomic mass is 79.9. The van der Waals surface area contributed by atoms with Crippen LogP contribution < -0.4 is 5.32 Å². The van der Waals surface area contributed by atoms with Crippen LogP contribution in [0.3, 0.4) is 0 Å². The molecule has 0 saturated carbocycles. The summed E-state index contributed by atoms with van der Waals surface area (Å²) in [5, 5.41) is 7.05. The summed E-state index contributed by atoms with van der Waals surface area (Å²) in [7, 11) is -4.15. The first-order chi connectivity index (χ1) is 14.5. The fraction of sp³-hybridized carbons (Fsp3) is 0.188. The van der Waals surface area contributed by atoms with E-state index in [-0.39, 0.29) is 20.2 Å². The number of nitro benzene ring substituents is 1. The second-order valence-electron chi connectivity index (χ2n) is 5.88. The van der Waals surface area contributed by atoms with Crippen molar-refractivity contribution in [3.05, 3.63) is 61.0 Å². The molecule has 0 aromatic heterocycles. The Morgan fingerprint density at radius 2 is 1.53 bits per heavy atom. The van der Waals surface area contributed by atoms with Gasteiger partial charge in [0, 0.05) is 31.5 Å². The number of non-ortho nitro benzene ring substituents is 1. The average molecular weight is 616 g/mol. The zero-order valence-corrected chi connectivity index (χ0v) is 18.8. The van der Waals surface area contributed by atoms with Crippen molar-refractivity contribution in [2.24, 2.45) is 0 Å². The Balaban J connectivity index is 2.38. The van der Waals surface area contributed by atoms with Gasteiger partial charge in [0.05, 0.1) is 10.6 Å². The Labute approximate surface area is 193 Å². The number of amides is 1. The van der Waals surface area contributed by atoms with Gasteiger partial charge in [-0.2, -0.15) is 30.7 Å². The number of alkyl halides is 7. The van der Waals surface area contributed by atoms with Crippen molar-refractivity contribution in [2.45, 2.75) is 22.2 Å². The second kappa shape index (κ2) is 9.05. The fourth-order valence-electron chi connectivity index (χ4n) is 2.15. The normalized spacial score (nSPS) is 13.5. The molecule has 0 saturated heterocycles. The molecule has 1 unspecified atom stereocenters. The third-order valence-electron chi connectivity index (χ3n) is 3.74. The summed E-state index contributed by atoms with van der Waals surface area (Å²) in [4.78, 5) is 21.3. The lowest BCUT2D eigenvalue weighted by Gasteiger charge is -2.27. The minimum atomic E-state index is -6.66. The van der Waals surface area contributed by atoms with Gasteiger partial charge in [-0.15, -0.1) is 0 Å². The molecule has 0 bridgehead atoms. The number of carbonyl (C=O) groups excluding carboxylic acids is 1. The molecular weight excluding hydrogens is 609 g/mol. The number of nitrogens with one attached hydrogen (secondary N) is 1. The van der Waals surface area contributed by atoms with E-state index in [1.165, 1.54) is 12.1 Å². The molecule has 0 aliphatic heterocycles. The van der Waals surface area contributed by atoms with Crippen molar-refractivity contribution >= 4 is 59.9 Å². The van der Waals surface area contributed by atoms with Crippen LogP contribution in [0.1, 0.15) is 10.4 Å². The Morgan fingerprint density at radius 3 is 2.00 bits per heavy atom. The Kier molecular flexibility index (Phi) is 7.41. The molecule has 16 heteroatoms. The van der Waals surface area contributed by atoms with Crippen LogP contribution in [0.4, 0.5) is 42.1 Å². The van der Waals surface area contributed by atoms with Crippen LogP contribution >= 0.6 is 31.9 Å². The lowest BCUT2D eigenvalue weighted by molar-refractivity contribution is -0.384. The Hall–Kier alpha value is -2.07. The molecule has 2 aromatic rings. The molecule has 6 nitrogen and oxygen atoms in total. The van der Waals surface area contributed by atoms with Crippen LogP contribution in [0.25, 0.3) is 0 Å². The van der Waals surface area contributed by atoms with E-state index in [9.17, 15) is 49.9 Å². The maximum Gasteiger partial charge on any atom is 0.461 e. The number of anilines is 1. The summed E-state index contributed by atoms with van der Waals surface area (Å²) in [6, 6.07) is 5.60. The predicted molar refractivity (Wildman–Crippen MR) is 105 cm³/mol. The van der Waals surface area contributed by atoms with Crippen molar-refractivity contribution in [3.63, 3.8) is 0 Å². The van der Waals surface area contributed by atoms with E-state index >= 15 is 0 Å². The quantitative estimate of drug-likeness (QED) is 0.236. The summed E-state index contributed by atoms with van der Waals surface area (Å²) in [5.41, 5.74) is -0.787. The lowest BCUT2D eigenvalue weighted by Crippen LogP contribution is -2.54. The highest BCUT2D eigenvalue weighted by Gasteiger charge is 2.76. The number of carbonyl (C=O) groups is 1. The van der Waals surface area contributed by atoms with Crippen LogP contribution in [0.2, 0.25) is 0 Å². The molecule has 0 fully saturated rings. The first-order valence-corrected chi connectivity index (χ1v) is 10.5. The molecule has 2 rings (SSSR count). The zero-order valence-electron chi connectivity index (χ0n) is 14.9. The molecule has 0 aliphatic rings. The molecular formula is C16H7Br2F7N2O4S. The van der Waals surface area contributed by atoms with Gasteiger partial charge < -0.3 is 5.32 Å². The SMILES string of the molecule is O=C(Nc1c(Br)cc(S(=O)C(F)(F)C(F)(F)C(F)(F)F)cc1Br)c1cccc([N+](=O)[O-])c1. The molecule has 0 aliphatic carbocycles. The summed E-state index contributed by atoms with van der Waals surface area (Å²) >= 11 is 5.64. The van der Waals surface area contributed by atoms with Crippen molar-refractivity contribution in [2.75, 3.05) is 5.32 Å². The van der Waals surface area contributed by atoms with E-state index in [1.807, 2.05) is 0 Å². The van der Waals surface area contributed by atoms with Crippen LogP contribution in [0.5, 0.6) is 0 Å². The van der Waals surface area contributed by atoms with Gasteiger partial charge in [-0.25, -0.2) is 4.21 Å². The van der Waals surface area contributed by atoms with E-state index in [2.05, 4.69) is 37.2 Å². The van der Waals surface area contributed by atoms with Gasteiger partial charge in [-0.3, -0.25) is 14.9 Å². The molecule has 174 valence electrons. The molecule has 1 amide bonds. The van der Waals surface area contributed by atoms with Crippen molar-refractivity contribution in [1.29, 1.82) is 0 Å². The summed E-state index contributed by atoms with van der Waals surface area (Å²) in [6.45, 7) is 0. The smallest absolute Gasteiger partial charge is 0.320 e. The maximum absolute atomic E-state index is 13.7. The number of rotatable bonds is 6. The Morgan fingerprint density at radius 1 is 1.00 bits per heavy atom. The topological polar surface area (TPSA) is 89.3 Å². The third-order valence-corrected chi connectivity index (χ3v) is 6.38. The molecule has 0 radical (unpaired) electrons. The molecule has 0 heterocycles. The molecule has 32 heavy (non-hydrogen) atoms. The second-order valence-corrected chi connectivity index (χ2v) is 9.11. The third kappa shape index (κ3) is 4.96. The van der Waals surface area contributed by atoms with E-state index in [4.69, 9.17) is 0 Å². The standard InChI is InChI=1S/C16H7Br2F7N2O4S/c17-10-5-9(32(31)16(24,25)14(19,20)15(21,22)23)6-11(18)12(10)26-13(28)7-2-1-3-8(4-7)27(29)30/h1-6H,(H,26,28). The van der Waals surface area contributed by atoms with E-state index in [0.29, 0.717) is 12.1 Å². The summed E-state index contributed by atoms with van der Waals surface area (Å²) in [6.07, 6.45) is -6.66.